The van der Waals surface area contributed by atoms with Crippen LogP contribution in [0, 0.1) is 0 Å². The van der Waals surface area contributed by atoms with Gasteiger partial charge in [0.1, 0.15) is 6.67 Å². The van der Waals surface area contributed by atoms with Crippen LogP contribution in [0.15, 0.2) is 12.7 Å². The average molecular weight is 117 g/mol. The third kappa shape index (κ3) is 3.81. The summed E-state index contributed by atoms with van der Waals surface area (Å²) in [4.78, 5) is 1.87. The van der Waals surface area contributed by atoms with Crippen LogP contribution < -0.4 is 0 Å². The van der Waals surface area contributed by atoms with Crippen molar-refractivity contribution in [3.05, 3.63) is 12.7 Å². The van der Waals surface area contributed by atoms with E-state index in [9.17, 15) is 4.39 Å². The molecule has 0 aliphatic heterocycles. The Labute approximate surface area is 49.8 Å². The minimum atomic E-state index is -0.273. The molecule has 48 valence electrons. The Morgan fingerprint density at radius 2 is 2.38 bits per heavy atom. The molecule has 0 atom stereocenters. The van der Waals surface area contributed by atoms with Gasteiger partial charge >= 0.3 is 0 Å². The summed E-state index contributed by atoms with van der Waals surface area (Å²) >= 11 is 0. The van der Waals surface area contributed by atoms with Gasteiger partial charge in [-0.3, -0.25) is 0 Å². The van der Waals surface area contributed by atoms with Gasteiger partial charge in [0.25, 0.3) is 0 Å². The molecule has 0 N–H and O–H groups in total. The lowest BCUT2D eigenvalue weighted by Gasteiger charge is -2.09. The zero-order valence-electron chi connectivity index (χ0n) is 5.23. The second kappa shape index (κ2) is 4.78. The van der Waals surface area contributed by atoms with Gasteiger partial charge in [-0.2, -0.15) is 0 Å². The Morgan fingerprint density at radius 1 is 1.75 bits per heavy atom. The Bertz CT molecular complexity index is 63.5. The molecule has 0 spiro atoms. The Hall–Kier alpha value is -0.370. The fourth-order valence-electron chi connectivity index (χ4n) is 0.456. The lowest BCUT2D eigenvalue weighted by Crippen LogP contribution is -2.20. The first-order valence-electron chi connectivity index (χ1n) is 2.66. The molecule has 0 amide bonds. The molecule has 1 nitrogen and oxygen atoms in total. The highest BCUT2D eigenvalue weighted by Crippen LogP contribution is 1.80. The Morgan fingerprint density at radius 3 is 2.75 bits per heavy atom. The third-order valence-electron chi connectivity index (χ3n) is 0.907. The van der Waals surface area contributed by atoms with E-state index in [0.29, 0.717) is 6.54 Å². The van der Waals surface area contributed by atoms with Crippen LogP contribution in [0.3, 0.4) is 0 Å². The summed E-state index contributed by atoms with van der Waals surface area (Å²) in [6.45, 7) is 4.52. The van der Waals surface area contributed by atoms with Crippen molar-refractivity contribution < 1.29 is 4.39 Å². The molecule has 0 aromatic rings. The third-order valence-corrected chi connectivity index (χ3v) is 0.907. The van der Waals surface area contributed by atoms with Crippen LogP contribution in [0.4, 0.5) is 4.39 Å². The molecule has 0 rings (SSSR count). The van der Waals surface area contributed by atoms with E-state index in [0.717, 1.165) is 6.54 Å². The van der Waals surface area contributed by atoms with E-state index in [2.05, 4.69) is 6.58 Å². The fraction of sp³-hybridized carbons (Fsp3) is 0.667. The second-order valence-corrected chi connectivity index (χ2v) is 1.74. The molecule has 0 aliphatic rings. The van der Waals surface area contributed by atoms with E-state index in [1.807, 2.05) is 11.9 Å². The van der Waals surface area contributed by atoms with Crippen LogP contribution in [0.1, 0.15) is 0 Å². The van der Waals surface area contributed by atoms with Gasteiger partial charge in [-0.1, -0.05) is 6.08 Å². The molecule has 8 heavy (non-hydrogen) atoms. The molecule has 0 radical (unpaired) electrons. The van der Waals surface area contributed by atoms with Crippen molar-refractivity contribution in [1.29, 1.82) is 0 Å². The van der Waals surface area contributed by atoms with Gasteiger partial charge in [0.2, 0.25) is 0 Å². The molecular formula is C6H12FN. The predicted molar refractivity (Wildman–Crippen MR) is 33.7 cm³/mol. The summed E-state index contributed by atoms with van der Waals surface area (Å²) in [6, 6.07) is 0. The SMILES string of the molecule is C=CCN(C)CCF. The van der Waals surface area contributed by atoms with E-state index in [1.165, 1.54) is 0 Å². The van der Waals surface area contributed by atoms with Crippen molar-refractivity contribution >= 4 is 0 Å². The topological polar surface area (TPSA) is 3.24 Å². The molecule has 0 unspecified atom stereocenters. The first kappa shape index (κ1) is 7.63. The summed E-state index contributed by atoms with van der Waals surface area (Å²) < 4.78 is 11.5. The van der Waals surface area contributed by atoms with Crippen LogP contribution in [0.25, 0.3) is 0 Å². The molecule has 0 fully saturated rings. The first-order valence-corrected chi connectivity index (χ1v) is 2.66. The average Bonchev–Trinajstić information content (AvgIpc) is 1.68. The van der Waals surface area contributed by atoms with Gasteiger partial charge in [-0.05, 0) is 7.05 Å². The van der Waals surface area contributed by atoms with Gasteiger partial charge in [0.15, 0.2) is 0 Å². The van der Waals surface area contributed by atoms with Crippen LogP contribution >= 0.6 is 0 Å². The number of halogens is 1. The van der Waals surface area contributed by atoms with Crippen molar-refractivity contribution in [3.8, 4) is 0 Å². The van der Waals surface area contributed by atoms with Gasteiger partial charge < -0.3 is 4.90 Å². The minimum Gasteiger partial charge on any atom is -0.300 e. The molecule has 0 saturated carbocycles. The van der Waals surface area contributed by atoms with E-state index < -0.39 is 0 Å². The highest BCUT2D eigenvalue weighted by Gasteiger charge is 1.90. The standard InChI is InChI=1S/C6H12FN/c1-3-5-8(2)6-4-7/h3H,1,4-6H2,2H3. The Kier molecular flexibility index (Phi) is 4.56. The molecule has 0 bridgehead atoms. The summed E-state index contributed by atoms with van der Waals surface area (Å²) in [5, 5.41) is 0. The summed E-state index contributed by atoms with van der Waals surface area (Å²) in [5.74, 6) is 0. The highest BCUT2D eigenvalue weighted by molar-refractivity contribution is 4.70. The lowest BCUT2D eigenvalue weighted by molar-refractivity contribution is 0.320. The van der Waals surface area contributed by atoms with Gasteiger partial charge in [0.05, 0.1) is 0 Å². The number of alkyl halides is 1. The maximum Gasteiger partial charge on any atom is 0.102 e. The quantitative estimate of drug-likeness (QED) is 0.498. The van der Waals surface area contributed by atoms with Crippen molar-refractivity contribution in [2.75, 3.05) is 26.8 Å². The van der Waals surface area contributed by atoms with Gasteiger partial charge in [0, 0.05) is 13.1 Å². The molecule has 0 aromatic carbocycles. The van der Waals surface area contributed by atoms with E-state index in [1.54, 1.807) is 6.08 Å². The zero-order valence-corrected chi connectivity index (χ0v) is 5.23. The maximum atomic E-state index is 11.5. The molecule has 2 heteroatoms. The van der Waals surface area contributed by atoms with Crippen LogP contribution in [0.2, 0.25) is 0 Å². The minimum absolute atomic E-state index is 0.273. The highest BCUT2D eigenvalue weighted by atomic mass is 19.1. The van der Waals surface area contributed by atoms with Crippen LogP contribution in [0.5, 0.6) is 0 Å². The second-order valence-electron chi connectivity index (χ2n) is 1.74. The summed E-state index contributed by atoms with van der Waals surface area (Å²) in [5.41, 5.74) is 0. The van der Waals surface area contributed by atoms with Gasteiger partial charge in [-0.15, -0.1) is 6.58 Å². The van der Waals surface area contributed by atoms with Crippen molar-refractivity contribution in [1.82, 2.24) is 4.90 Å². The van der Waals surface area contributed by atoms with Crippen molar-refractivity contribution in [2.24, 2.45) is 0 Å². The number of hydrogen-bond donors (Lipinski definition) is 0. The first-order chi connectivity index (χ1) is 3.81. The van der Waals surface area contributed by atoms with Crippen LogP contribution in [-0.4, -0.2) is 31.7 Å². The molecule has 0 heterocycles. The number of likely N-dealkylation sites (N-methyl/N-ethyl adjacent to an activating group) is 1. The molecular weight excluding hydrogens is 105 g/mol. The van der Waals surface area contributed by atoms with E-state index in [-0.39, 0.29) is 6.67 Å². The fourth-order valence-corrected chi connectivity index (χ4v) is 0.456. The molecule has 0 saturated heterocycles. The summed E-state index contributed by atoms with van der Waals surface area (Å²) in [6.07, 6.45) is 1.76. The Balaban J connectivity index is 3.03. The predicted octanol–water partition coefficient (Wildman–Crippen LogP) is 1.07. The largest absolute Gasteiger partial charge is 0.300 e. The van der Waals surface area contributed by atoms with E-state index in [4.69, 9.17) is 0 Å². The number of nitrogens with zero attached hydrogens (tertiary/aromatic N) is 1. The maximum absolute atomic E-state index is 11.5. The normalized spacial score (nSPS) is 9.88. The lowest BCUT2D eigenvalue weighted by atomic mass is 10.5. The number of rotatable bonds is 4. The molecule has 0 aliphatic carbocycles. The van der Waals surface area contributed by atoms with Gasteiger partial charge in [-0.25, -0.2) is 4.39 Å². The summed E-state index contributed by atoms with van der Waals surface area (Å²) in [7, 11) is 1.86. The molecule has 0 aromatic heterocycles. The smallest absolute Gasteiger partial charge is 0.102 e. The number of hydrogen-bond acceptors (Lipinski definition) is 1. The van der Waals surface area contributed by atoms with Crippen molar-refractivity contribution in [2.45, 2.75) is 0 Å². The van der Waals surface area contributed by atoms with Crippen molar-refractivity contribution in [3.63, 3.8) is 0 Å². The van der Waals surface area contributed by atoms with E-state index >= 15 is 0 Å². The monoisotopic (exact) mass is 117 g/mol. The van der Waals surface area contributed by atoms with Crippen LogP contribution in [-0.2, 0) is 0 Å². The zero-order chi connectivity index (χ0) is 6.41.